The van der Waals surface area contributed by atoms with Gasteiger partial charge in [0.05, 0.1) is 0 Å². The van der Waals surface area contributed by atoms with E-state index >= 15 is 0 Å². The Labute approximate surface area is 78.8 Å². The lowest BCUT2D eigenvalue weighted by Crippen LogP contribution is -2.04. The summed E-state index contributed by atoms with van der Waals surface area (Å²) < 4.78 is 13.1. The van der Waals surface area contributed by atoms with Gasteiger partial charge in [-0.15, -0.1) is 0 Å². The van der Waals surface area contributed by atoms with Crippen molar-refractivity contribution in [2.75, 3.05) is 6.54 Å². The van der Waals surface area contributed by atoms with Crippen LogP contribution in [0.25, 0.3) is 0 Å². The normalized spacial score (nSPS) is 12.9. The van der Waals surface area contributed by atoms with Gasteiger partial charge in [0.15, 0.2) is 0 Å². The fourth-order valence-corrected chi connectivity index (χ4v) is 1.33. The van der Waals surface area contributed by atoms with E-state index in [9.17, 15) is 4.39 Å². The number of rotatable bonds is 3. The van der Waals surface area contributed by atoms with Crippen LogP contribution in [0.1, 0.15) is 30.4 Å². The van der Waals surface area contributed by atoms with Crippen molar-refractivity contribution in [3.8, 4) is 0 Å². The molecule has 0 aliphatic carbocycles. The van der Waals surface area contributed by atoms with Gasteiger partial charge in [0.2, 0.25) is 0 Å². The fraction of sp³-hybridized carbons (Fsp3) is 0.455. The topological polar surface area (TPSA) is 26.0 Å². The standard InChI is InChI=1S/C11H16FN/c1-8(5-6-13)10-4-3-9(2)11(12)7-10/h3-4,7-8H,5-6,13H2,1-2H3. The largest absolute Gasteiger partial charge is 0.330 e. The molecule has 1 atom stereocenters. The number of aryl methyl sites for hydroxylation is 1. The summed E-state index contributed by atoms with van der Waals surface area (Å²) in [6, 6.07) is 5.39. The van der Waals surface area contributed by atoms with Gasteiger partial charge >= 0.3 is 0 Å². The third-order valence-electron chi connectivity index (χ3n) is 2.36. The number of benzene rings is 1. The molecule has 0 spiro atoms. The van der Waals surface area contributed by atoms with Gasteiger partial charge < -0.3 is 5.73 Å². The lowest BCUT2D eigenvalue weighted by atomic mass is 9.97. The summed E-state index contributed by atoms with van der Waals surface area (Å²) in [4.78, 5) is 0. The maximum atomic E-state index is 13.1. The third kappa shape index (κ3) is 2.52. The van der Waals surface area contributed by atoms with E-state index in [1.165, 1.54) is 0 Å². The Morgan fingerprint density at radius 1 is 1.46 bits per heavy atom. The van der Waals surface area contributed by atoms with E-state index in [1.807, 2.05) is 12.1 Å². The third-order valence-corrected chi connectivity index (χ3v) is 2.36. The first-order valence-corrected chi connectivity index (χ1v) is 4.61. The second-order valence-corrected chi connectivity index (χ2v) is 3.49. The molecule has 0 aliphatic rings. The Bertz CT molecular complexity index is 283. The molecular formula is C11H16FN. The van der Waals surface area contributed by atoms with E-state index in [0.29, 0.717) is 18.0 Å². The van der Waals surface area contributed by atoms with E-state index in [4.69, 9.17) is 5.73 Å². The minimum atomic E-state index is -0.124. The van der Waals surface area contributed by atoms with Crippen LogP contribution < -0.4 is 5.73 Å². The Hall–Kier alpha value is -0.890. The van der Waals surface area contributed by atoms with Crippen LogP contribution >= 0.6 is 0 Å². The lowest BCUT2D eigenvalue weighted by molar-refractivity contribution is 0.608. The van der Waals surface area contributed by atoms with Crippen molar-refractivity contribution in [1.82, 2.24) is 0 Å². The number of nitrogens with two attached hydrogens (primary N) is 1. The Balaban J connectivity index is 2.84. The average molecular weight is 181 g/mol. The van der Waals surface area contributed by atoms with Crippen LogP contribution in [0, 0.1) is 12.7 Å². The van der Waals surface area contributed by atoms with Crippen molar-refractivity contribution in [1.29, 1.82) is 0 Å². The van der Waals surface area contributed by atoms with Crippen LogP contribution in [-0.4, -0.2) is 6.54 Å². The Morgan fingerprint density at radius 2 is 2.15 bits per heavy atom. The zero-order chi connectivity index (χ0) is 9.84. The van der Waals surface area contributed by atoms with Crippen LogP contribution in [0.5, 0.6) is 0 Å². The molecular weight excluding hydrogens is 165 g/mol. The zero-order valence-electron chi connectivity index (χ0n) is 8.18. The number of halogens is 1. The Kier molecular flexibility index (Phi) is 3.43. The van der Waals surface area contributed by atoms with E-state index in [-0.39, 0.29) is 5.82 Å². The van der Waals surface area contributed by atoms with Crippen molar-refractivity contribution in [3.05, 3.63) is 35.1 Å². The molecule has 0 radical (unpaired) electrons. The first-order chi connectivity index (χ1) is 6.15. The van der Waals surface area contributed by atoms with Crippen LogP contribution in [0.15, 0.2) is 18.2 Å². The molecule has 13 heavy (non-hydrogen) atoms. The predicted octanol–water partition coefficient (Wildman–Crippen LogP) is 2.59. The van der Waals surface area contributed by atoms with E-state index in [2.05, 4.69) is 6.92 Å². The summed E-state index contributed by atoms with van der Waals surface area (Å²) in [7, 11) is 0. The zero-order valence-corrected chi connectivity index (χ0v) is 8.18. The highest BCUT2D eigenvalue weighted by Gasteiger charge is 2.06. The van der Waals surface area contributed by atoms with Crippen LogP contribution in [-0.2, 0) is 0 Å². The van der Waals surface area contributed by atoms with Gasteiger partial charge in [-0.1, -0.05) is 19.1 Å². The average Bonchev–Trinajstić information content (AvgIpc) is 2.10. The van der Waals surface area contributed by atoms with Gasteiger partial charge in [-0.25, -0.2) is 4.39 Å². The molecule has 0 amide bonds. The molecule has 0 fully saturated rings. The van der Waals surface area contributed by atoms with Crippen LogP contribution in [0.3, 0.4) is 0 Å². The van der Waals surface area contributed by atoms with Gasteiger partial charge in [-0.05, 0) is 43.0 Å². The number of hydrogen-bond donors (Lipinski definition) is 1. The molecule has 1 aromatic rings. The molecule has 0 bridgehead atoms. The first kappa shape index (κ1) is 10.2. The van der Waals surface area contributed by atoms with Crippen molar-refractivity contribution < 1.29 is 4.39 Å². The molecule has 0 saturated heterocycles. The van der Waals surface area contributed by atoms with Crippen molar-refractivity contribution in [2.24, 2.45) is 5.73 Å². The molecule has 0 heterocycles. The van der Waals surface area contributed by atoms with Gasteiger partial charge in [0.1, 0.15) is 5.82 Å². The van der Waals surface area contributed by atoms with Crippen LogP contribution in [0.4, 0.5) is 4.39 Å². The summed E-state index contributed by atoms with van der Waals surface area (Å²) in [6.45, 7) is 4.49. The quantitative estimate of drug-likeness (QED) is 0.762. The SMILES string of the molecule is Cc1ccc(C(C)CCN)cc1F. The lowest BCUT2D eigenvalue weighted by Gasteiger charge is -2.10. The second kappa shape index (κ2) is 4.38. The highest BCUT2D eigenvalue weighted by molar-refractivity contribution is 5.25. The highest BCUT2D eigenvalue weighted by atomic mass is 19.1. The van der Waals surface area contributed by atoms with Gasteiger partial charge in [0, 0.05) is 0 Å². The van der Waals surface area contributed by atoms with E-state index in [0.717, 1.165) is 12.0 Å². The smallest absolute Gasteiger partial charge is 0.126 e. The minimum absolute atomic E-state index is 0.124. The van der Waals surface area contributed by atoms with Crippen molar-refractivity contribution in [3.63, 3.8) is 0 Å². The van der Waals surface area contributed by atoms with E-state index in [1.54, 1.807) is 13.0 Å². The molecule has 1 nitrogen and oxygen atoms in total. The molecule has 1 aromatic carbocycles. The maximum absolute atomic E-state index is 13.1. The van der Waals surface area contributed by atoms with Crippen molar-refractivity contribution in [2.45, 2.75) is 26.2 Å². The van der Waals surface area contributed by atoms with Gasteiger partial charge in [-0.2, -0.15) is 0 Å². The fourth-order valence-electron chi connectivity index (χ4n) is 1.33. The first-order valence-electron chi connectivity index (χ1n) is 4.61. The monoisotopic (exact) mass is 181 g/mol. The van der Waals surface area contributed by atoms with Gasteiger partial charge in [-0.3, -0.25) is 0 Å². The van der Waals surface area contributed by atoms with Gasteiger partial charge in [0.25, 0.3) is 0 Å². The van der Waals surface area contributed by atoms with Crippen molar-refractivity contribution >= 4 is 0 Å². The second-order valence-electron chi connectivity index (χ2n) is 3.49. The summed E-state index contributed by atoms with van der Waals surface area (Å²) in [5, 5.41) is 0. The summed E-state index contributed by atoms with van der Waals surface area (Å²) >= 11 is 0. The predicted molar refractivity (Wildman–Crippen MR) is 53.2 cm³/mol. The highest BCUT2D eigenvalue weighted by Crippen LogP contribution is 2.20. The molecule has 1 unspecified atom stereocenters. The van der Waals surface area contributed by atoms with E-state index < -0.39 is 0 Å². The molecule has 0 saturated carbocycles. The molecule has 72 valence electrons. The maximum Gasteiger partial charge on any atom is 0.126 e. The molecule has 2 N–H and O–H groups in total. The summed E-state index contributed by atoms with van der Waals surface area (Å²) in [6.07, 6.45) is 0.905. The number of hydrogen-bond acceptors (Lipinski definition) is 1. The summed E-state index contributed by atoms with van der Waals surface area (Å²) in [5.74, 6) is 0.224. The molecule has 1 rings (SSSR count). The summed E-state index contributed by atoms with van der Waals surface area (Å²) in [5.41, 5.74) is 7.17. The molecule has 0 aliphatic heterocycles. The molecule has 2 heteroatoms. The van der Waals surface area contributed by atoms with Crippen LogP contribution in [0.2, 0.25) is 0 Å². The molecule has 0 aromatic heterocycles. The Morgan fingerprint density at radius 3 is 2.69 bits per heavy atom. The minimum Gasteiger partial charge on any atom is -0.330 e.